The van der Waals surface area contributed by atoms with Crippen LogP contribution in [-0.4, -0.2) is 19.3 Å². The molecule has 0 aliphatic carbocycles. The molecular weight excluding hydrogens is 273 g/mol. The van der Waals surface area contributed by atoms with Crippen molar-refractivity contribution >= 4 is 7.60 Å². The van der Waals surface area contributed by atoms with Crippen LogP contribution in [0.3, 0.4) is 0 Å². The molecule has 0 fully saturated rings. The Morgan fingerprint density at radius 3 is 2.00 bits per heavy atom. The summed E-state index contributed by atoms with van der Waals surface area (Å²) in [5, 5.41) is 3.37. The number of hydrogen-bond acceptors (Lipinski definition) is 4. The molecule has 0 saturated heterocycles. The van der Waals surface area contributed by atoms with Gasteiger partial charge >= 0.3 is 7.60 Å². The van der Waals surface area contributed by atoms with Crippen LogP contribution in [0.1, 0.15) is 38.8 Å². The largest absolute Gasteiger partial charge is 0.335 e. The van der Waals surface area contributed by atoms with Gasteiger partial charge in [-0.3, -0.25) is 4.57 Å². The lowest BCUT2D eigenvalue weighted by Crippen LogP contribution is -2.21. The molecular formula is C15H26NO3P. The molecule has 1 aromatic carbocycles. The van der Waals surface area contributed by atoms with Crippen molar-refractivity contribution in [1.29, 1.82) is 0 Å². The minimum Gasteiger partial charge on any atom is -0.310 e. The van der Waals surface area contributed by atoms with Gasteiger partial charge in [0.2, 0.25) is 0 Å². The third-order valence-corrected chi connectivity index (χ3v) is 4.82. The van der Waals surface area contributed by atoms with Gasteiger partial charge in [-0.2, -0.15) is 0 Å². The molecule has 1 N–H and O–H groups in total. The zero-order valence-corrected chi connectivity index (χ0v) is 13.8. The van der Waals surface area contributed by atoms with Gasteiger partial charge in [0.1, 0.15) is 0 Å². The zero-order valence-electron chi connectivity index (χ0n) is 12.9. The maximum Gasteiger partial charge on any atom is 0.335 e. The molecule has 0 radical (unpaired) electrons. The van der Waals surface area contributed by atoms with E-state index < -0.39 is 7.60 Å². The lowest BCUT2D eigenvalue weighted by molar-refractivity contribution is 0.219. The molecule has 0 heterocycles. The fourth-order valence-electron chi connectivity index (χ4n) is 1.83. The highest BCUT2D eigenvalue weighted by Gasteiger charge is 2.23. The van der Waals surface area contributed by atoms with Gasteiger partial charge in [0.05, 0.1) is 19.4 Å². The first-order chi connectivity index (χ1) is 9.49. The van der Waals surface area contributed by atoms with E-state index in [9.17, 15) is 4.57 Å². The van der Waals surface area contributed by atoms with Gasteiger partial charge in [-0.25, -0.2) is 0 Å². The van der Waals surface area contributed by atoms with Crippen molar-refractivity contribution in [3.05, 3.63) is 35.4 Å². The molecule has 0 unspecified atom stereocenters. The third-order valence-electron chi connectivity index (χ3n) is 2.77. The fourth-order valence-corrected chi connectivity index (χ4v) is 3.53. The van der Waals surface area contributed by atoms with E-state index in [1.165, 1.54) is 5.56 Å². The Labute approximate surface area is 122 Å². The van der Waals surface area contributed by atoms with E-state index in [2.05, 4.69) is 19.2 Å². The predicted octanol–water partition coefficient (Wildman–Crippen LogP) is 3.95. The van der Waals surface area contributed by atoms with Gasteiger partial charge in [0, 0.05) is 12.6 Å². The molecule has 4 nitrogen and oxygen atoms in total. The van der Waals surface area contributed by atoms with E-state index >= 15 is 0 Å². The SMILES string of the molecule is CCOP(=O)(Cc1ccc(CNC(C)C)cc1)OCC. The maximum absolute atomic E-state index is 12.4. The standard InChI is InChI=1S/C15H26NO3P/c1-5-18-20(17,19-6-2)12-15-9-7-14(8-10-15)11-16-13(3)4/h7-10,13,16H,5-6,11-12H2,1-4H3. The molecule has 1 rings (SSSR count). The van der Waals surface area contributed by atoms with Crippen LogP contribution in [0.15, 0.2) is 24.3 Å². The Kier molecular flexibility index (Phi) is 7.46. The Balaban J connectivity index is 2.65. The first-order valence-corrected chi connectivity index (χ1v) is 8.91. The van der Waals surface area contributed by atoms with Gasteiger partial charge in [0.25, 0.3) is 0 Å². The summed E-state index contributed by atoms with van der Waals surface area (Å²) in [4.78, 5) is 0. The Bertz CT molecular complexity index is 421. The number of hydrogen-bond donors (Lipinski definition) is 1. The minimum atomic E-state index is -3.00. The quantitative estimate of drug-likeness (QED) is 0.701. The highest BCUT2D eigenvalue weighted by Crippen LogP contribution is 2.51. The van der Waals surface area contributed by atoms with Gasteiger partial charge < -0.3 is 14.4 Å². The van der Waals surface area contributed by atoms with E-state index in [0.717, 1.165) is 12.1 Å². The molecule has 5 heteroatoms. The number of nitrogens with one attached hydrogen (secondary N) is 1. The lowest BCUT2D eigenvalue weighted by Gasteiger charge is -2.17. The normalized spacial score (nSPS) is 12.1. The molecule has 0 saturated carbocycles. The van der Waals surface area contributed by atoms with Crippen molar-refractivity contribution in [1.82, 2.24) is 5.32 Å². The molecule has 0 aliphatic rings. The Morgan fingerprint density at radius 2 is 1.55 bits per heavy atom. The molecule has 20 heavy (non-hydrogen) atoms. The number of rotatable bonds is 9. The van der Waals surface area contributed by atoms with Crippen LogP contribution in [0.25, 0.3) is 0 Å². The van der Waals surface area contributed by atoms with E-state index in [4.69, 9.17) is 9.05 Å². The van der Waals surface area contributed by atoms with Crippen LogP contribution in [-0.2, 0) is 26.3 Å². The molecule has 0 atom stereocenters. The average molecular weight is 299 g/mol. The van der Waals surface area contributed by atoms with Crippen molar-refractivity contribution in [3.8, 4) is 0 Å². The molecule has 0 bridgehead atoms. The molecule has 0 amide bonds. The van der Waals surface area contributed by atoms with Crippen molar-refractivity contribution in [2.45, 2.75) is 46.4 Å². The summed E-state index contributed by atoms with van der Waals surface area (Å²) in [7, 11) is -3.00. The van der Waals surface area contributed by atoms with Crippen LogP contribution in [0, 0.1) is 0 Å². The fraction of sp³-hybridized carbons (Fsp3) is 0.600. The van der Waals surface area contributed by atoms with E-state index in [-0.39, 0.29) is 0 Å². The molecule has 114 valence electrons. The second-order valence-corrected chi connectivity index (χ2v) is 7.01. The monoisotopic (exact) mass is 299 g/mol. The third kappa shape index (κ3) is 6.19. The van der Waals surface area contributed by atoms with Crippen molar-refractivity contribution in [2.24, 2.45) is 0 Å². The first kappa shape index (κ1) is 17.4. The maximum atomic E-state index is 12.4. The van der Waals surface area contributed by atoms with Gasteiger partial charge in [-0.1, -0.05) is 38.1 Å². The van der Waals surface area contributed by atoms with Crippen molar-refractivity contribution in [2.75, 3.05) is 13.2 Å². The van der Waals surface area contributed by atoms with Crippen LogP contribution in [0.2, 0.25) is 0 Å². The van der Waals surface area contributed by atoms with Crippen LogP contribution >= 0.6 is 7.60 Å². The zero-order chi connectivity index (χ0) is 15.0. The summed E-state index contributed by atoms with van der Waals surface area (Å²) in [5.41, 5.74) is 2.19. The van der Waals surface area contributed by atoms with Crippen LogP contribution in [0.4, 0.5) is 0 Å². The van der Waals surface area contributed by atoms with Gasteiger partial charge in [-0.15, -0.1) is 0 Å². The van der Waals surface area contributed by atoms with Gasteiger partial charge in [-0.05, 0) is 25.0 Å². The van der Waals surface area contributed by atoms with E-state index in [1.54, 1.807) is 0 Å². The molecule has 0 aliphatic heterocycles. The van der Waals surface area contributed by atoms with Gasteiger partial charge in [0.15, 0.2) is 0 Å². The second kappa shape index (κ2) is 8.58. The van der Waals surface area contributed by atoms with E-state index in [0.29, 0.717) is 25.4 Å². The highest BCUT2D eigenvalue weighted by molar-refractivity contribution is 7.53. The predicted molar refractivity (Wildman–Crippen MR) is 83.0 cm³/mol. The summed E-state index contributed by atoms with van der Waals surface area (Å²) in [6.07, 6.45) is 0.326. The minimum absolute atomic E-state index is 0.326. The topological polar surface area (TPSA) is 47.6 Å². The molecule has 0 spiro atoms. The van der Waals surface area contributed by atoms with Crippen LogP contribution < -0.4 is 5.32 Å². The first-order valence-electron chi connectivity index (χ1n) is 7.18. The second-order valence-electron chi connectivity index (χ2n) is 4.96. The summed E-state index contributed by atoms with van der Waals surface area (Å²) in [6.45, 7) is 9.52. The Hall–Kier alpha value is -0.670. The number of benzene rings is 1. The van der Waals surface area contributed by atoms with Crippen molar-refractivity contribution in [3.63, 3.8) is 0 Å². The van der Waals surface area contributed by atoms with E-state index in [1.807, 2.05) is 38.1 Å². The van der Waals surface area contributed by atoms with Crippen LogP contribution in [0.5, 0.6) is 0 Å². The summed E-state index contributed by atoms with van der Waals surface area (Å²) < 4.78 is 23.0. The van der Waals surface area contributed by atoms with Crippen molar-refractivity contribution < 1.29 is 13.6 Å². The lowest BCUT2D eigenvalue weighted by atomic mass is 10.1. The summed E-state index contributed by atoms with van der Waals surface area (Å²) in [5.74, 6) is 0. The molecule has 1 aromatic rings. The summed E-state index contributed by atoms with van der Waals surface area (Å²) in [6, 6.07) is 8.54. The highest BCUT2D eigenvalue weighted by atomic mass is 31.2. The smallest absolute Gasteiger partial charge is 0.310 e. The Morgan fingerprint density at radius 1 is 1.05 bits per heavy atom. The average Bonchev–Trinajstić information content (AvgIpc) is 2.38. The molecule has 0 aromatic heterocycles. The summed E-state index contributed by atoms with van der Waals surface area (Å²) >= 11 is 0.